The van der Waals surface area contributed by atoms with Gasteiger partial charge in [-0.25, -0.2) is 0 Å². The van der Waals surface area contributed by atoms with E-state index in [4.69, 9.17) is 11.6 Å². The van der Waals surface area contributed by atoms with Crippen molar-refractivity contribution in [2.75, 3.05) is 20.6 Å². The third-order valence-corrected chi connectivity index (χ3v) is 4.44. The average molecular weight is 283 g/mol. The van der Waals surface area contributed by atoms with Crippen molar-refractivity contribution >= 4 is 38.9 Å². The van der Waals surface area contributed by atoms with Gasteiger partial charge in [0.05, 0.1) is 18.1 Å². The number of thiophene rings is 1. The Morgan fingerprint density at radius 2 is 2.17 bits per heavy atom. The Hall–Kier alpha value is -1.10. The van der Waals surface area contributed by atoms with E-state index in [9.17, 15) is 4.79 Å². The number of likely N-dealkylation sites (N-methyl/N-ethyl adjacent to an activating group) is 2. The summed E-state index contributed by atoms with van der Waals surface area (Å²) >= 11 is 7.98. The lowest BCUT2D eigenvalue weighted by molar-refractivity contribution is -0.129. The highest BCUT2D eigenvalue weighted by molar-refractivity contribution is 7.19. The van der Waals surface area contributed by atoms with Crippen LogP contribution in [0.15, 0.2) is 24.3 Å². The highest BCUT2D eigenvalue weighted by Gasteiger charge is 2.14. The summed E-state index contributed by atoms with van der Waals surface area (Å²) in [5.41, 5.74) is 0. The van der Waals surface area contributed by atoms with Gasteiger partial charge in [0.2, 0.25) is 5.91 Å². The van der Waals surface area contributed by atoms with Crippen molar-refractivity contribution in [3.05, 3.63) is 34.2 Å². The van der Waals surface area contributed by atoms with E-state index in [1.165, 1.54) is 0 Å². The quantitative estimate of drug-likeness (QED) is 0.935. The molecule has 5 heteroatoms. The summed E-state index contributed by atoms with van der Waals surface area (Å²) in [5.74, 6) is 0.0611. The predicted molar refractivity (Wildman–Crippen MR) is 77.2 cm³/mol. The topological polar surface area (TPSA) is 32.3 Å². The molecular weight excluding hydrogens is 268 g/mol. The third kappa shape index (κ3) is 2.66. The van der Waals surface area contributed by atoms with Crippen LogP contribution >= 0.6 is 22.9 Å². The summed E-state index contributed by atoms with van der Waals surface area (Å²) in [6.45, 7) is 0.901. The predicted octanol–water partition coefficient (Wildman–Crippen LogP) is 2.73. The third-order valence-electron chi connectivity index (χ3n) is 2.74. The monoisotopic (exact) mass is 282 g/mol. The van der Waals surface area contributed by atoms with Crippen molar-refractivity contribution in [3.8, 4) is 0 Å². The first-order valence-electron chi connectivity index (χ1n) is 5.68. The molecule has 2 rings (SSSR count). The van der Waals surface area contributed by atoms with Gasteiger partial charge >= 0.3 is 0 Å². The molecule has 0 saturated heterocycles. The summed E-state index contributed by atoms with van der Waals surface area (Å²) in [7, 11) is 3.55. The first-order chi connectivity index (χ1) is 8.63. The zero-order valence-electron chi connectivity index (χ0n) is 10.4. The molecule has 0 unspecified atom stereocenters. The molecule has 18 heavy (non-hydrogen) atoms. The SMILES string of the molecule is CNCC(=O)N(C)Cc1sc2ccccc2c1Cl. The number of rotatable bonds is 4. The van der Waals surface area contributed by atoms with Gasteiger partial charge in [0.1, 0.15) is 0 Å². The number of nitrogens with one attached hydrogen (secondary N) is 1. The molecule has 0 spiro atoms. The summed E-state index contributed by atoms with van der Waals surface area (Å²) < 4.78 is 1.16. The standard InChI is InChI=1S/C13H15ClN2OS/c1-15-7-12(17)16(2)8-11-13(14)9-5-3-4-6-10(9)18-11/h3-6,15H,7-8H2,1-2H3. The van der Waals surface area contributed by atoms with E-state index in [2.05, 4.69) is 5.32 Å². The highest BCUT2D eigenvalue weighted by atomic mass is 35.5. The van der Waals surface area contributed by atoms with Crippen LogP contribution in [-0.4, -0.2) is 31.4 Å². The van der Waals surface area contributed by atoms with Gasteiger partial charge in [-0.2, -0.15) is 0 Å². The smallest absolute Gasteiger partial charge is 0.236 e. The number of nitrogens with zero attached hydrogens (tertiary/aromatic N) is 1. The maximum Gasteiger partial charge on any atom is 0.236 e. The lowest BCUT2D eigenvalue weighted by Crippen LogP contribution is -2.33. The molecule has 0 aliphatic rings. The van der Waals surface area contributed by atoms with E-state index < -0.39 is 0 Å². The number of carbonyl (C=O) groups excluding carboxylic acids is 1. The Morgan fingerprint density at radius 1 is 1.44 bits per heavy atom. The molecule has 1 N–H and O–H groups in total. The first-order valence-corrected chi connectivity index (χ1v) is 6.87. The Labute approximate surface area is 115 Å². The lowest BCUT2D eigenvalue weighted by atomic mass is 10.2. The summed E-state index contributed by atoms with van der Waals surface area (Å²) in [5, 5.41) is 4.68. The molecule has 0 aliphatic heterocycles. The molecule has 0 aliphatic carbocycles. The van der Waals surface area contributed by atoms with Gasteiger partial charge in [0.15, 0.2) is 0 Å². The van der Waals surface area contributed by atoms with Gasteiger partial charge in [0, 0.05) is 22.0 Å². The summed E-state index contributed by atoms with van der Waals surface area (Å²) in [4.78, 5) is 14.4. The van der Waals surface area contributed by atoms with Gasteiger partial charge in [-0.15, -0.1) is 11.3 Å². The molecule has 0 bridgehead atoms. The molecule has 2 aromatic rings. The van der Waals surface area contributed by atoms with Crippen LogP contribution in [0.2, 0.25) is 5.02 Å². The minimum atomic E-state index is 0.0611. The molecule has 3 nitrogen and oxygen atoms in total. The van der Waals surface area contributed by atoms with Gasteiger partial charge in [-0.3, -0.25) is 4.79 Å². The number of halogens is 1. The minimum absolute atomic E-state index is 0.0611. The molecule has 96 valence electrons. The van der Waals surface area contributed by atoms with E-state index in [0.717, 1.165) is 20.0 Å². The van der Waals surface area contributed by atoms with Gasteiger partial charge in [0.25, 0.3) is 0 Å². The molecule has 1 amide bonds. The van der Waals surface area contributed by atoms with Crippen molar-refractivity contribution in [1.29, 1.82) is 0 Å². The fourth-order valence-electron chi connectivity index (χ4n) is 1.76. The fraction of sp³-hybridized carbons (Fsp3) is 0.308. The number of carbonyl (C=O) groups is 1. The molecule has 0 fully saturated rings. The zero-order valence-corrected chi connectivity index (χ0v) is 11.9. The van der Waals surface area contributed by atoms with E-state index in [1.807, 2.05) is 24.3 Å². The van der Waals surface area contributed by atoms with E-state index in [1.54, 1.807) is 30.3 Å². The van der Waals surface area contributed by atoms with Crippen LogP contribution < -0.4 is 5.32 Å². The van der Waals surface area contributed by atoms with Crippen LogP contribution in [0.3, 0.4) is 0 Å². The van der Waals surface area contributed by atoms with Crippen molar-refractivity contribution < 1.29 is 4.79 Å². The Balaban J connectivity index is 2.21. The number of hydrogen-bond donors (Lipinski definition) is 1. The summed E-state index contributed by atoms with van der Waals surface area (Å²) in [6.07, 6.45) is 0. The molecule has 0 radical (unpaired) electrons. The lowest BCUT2D eigenvalue weighted by Gasteiger charge is -2.16. The van der Waals surface area contributed by atoms with E-state index >= 15 is 0 Å². The second kappa shape index (κ2) is 5.69. The highest BCUT2D eigenvalue weighted by Crippen LogP contribution is 2.35. The molecule has 1 aromatic heterocycles. The van der Waals surface area contributed by atoms with Crippen LogP contribution in [0.5, 0.6) is 0 Å². The van der Waals surface area contributed by atoms with E-state index in [0.29, 0.717) is 13.1 Å². The van der Waals surface area contributed by atoms with Crippen molar-refractivity contribution in [3.63, 3.8) is 0 Å². The maximum absolute atomic E-state index is 11.7. The Morgan fingerprint density at radius 3 is 2.83 bits per heavy atom. The minimum Gasteiger partial charge on any atom is -0.339 e. The van der Waals surface area contributed by atoms with Crippen molar-refractivity contribution in [1.82, 2.24) is 10.2 Å². The Bertz CT molecular complexity index is 567. The average Bonchev–Trinajstić information content (AvgIpc) is 2.67. The maximum atomic E-state index is 11.7. The van der Waals surface area contributed by atoms with Crippen LogP contribution in [-0.2, 0) is 11.3 Å². The second-order valence-electron chi connectivity index (χ2n) is 4.12. The molecular formula is C13H15ClN2OS. The van der Waals surface area contributed by atoms with Gasteiger partial charge in [-0.1, -0.05) is 29.8 Å². The van der Waals surface area contributed by atoms with Crippen molar-refractivity contribution in [2.24, 2.45) is 0 Å². The number of benzene rings is 1. The van der Waals surface area contributed by atoms with Crippen LogP contribution in [0.25, 0.3) is 10.1 Å². The molecule has 1 heterocycles. The summed E-state index contributed by atoms with van der Waals surface area (Å²) in [6, 6.07) is 8.02. The Kier molecular flexibility index (Phi) is 4.22. The number of amides is 1. The molecule has 0 atom stereocenters. The second-order valence-corrected chi connectivity index (χ2v) is 5.63. The number of hydrogen-bond acceptors (Lipinski definition) is 3. The molecule has 1 aromatic carbocycles. The fourth-order valence-corrected chi connectivity index (χ4v) is 3.30. The van der Waals surface area contributed by atoms with Crippen LogP contribution in [0.1, 0.15) is 4.88 Å². The first kappa shape index (κ1) is 13.3. The van der Waals surface area contributed by atoms with Crippen LogP contribution in [0, 0.1) is 0 Å². The van der Waals surface area contributed by atoms with Gasteiger partial charge in [-0.05, 0) is 13.1 Å². The van der Waals surface area contributed by atoms with Crippen LogP contribution in [0.4, 0.5) is 0 Å². The normalized spacial score (nSPS) is 10.8. The van der Waals surface area contributed by atoms with Gasteiger partial charge < -0.3 is 10.2 Å². The largest absolute Gasteiger partial charge is 0.339 e. The zero-order chi connectivity index (χ0) is 13.1. The number of fused-ring (bicyclic) bond motifs is 1. The van der Waals surface area contributed by atoms with Crippen molar-refractivity contribution in [2.45, 2.75) is 6.54 Å². The molecule has 0 saturated carbocycles. The van der Waals surface area contributed by atoms with E-state index in [-0.39, 0.29) is 5.91 Å².